The van der Waals surface area contributed by atoms with Crippen LogP contribution >= 0.6 is 11.8 Å². The maximum absolute atomic E-state index is 13.6. The van der Waals surface area contributed by atoms with Crippen molar-refractivity contribution in [3.05, 3.63) is 94.3 Å². The molecule has 32 heavy (non-hydrogen) atoms. The molecule has 1 aromatic heterocycles. The number of rotatable bonds is 5. The fraction of sp³-hybridized carbons (Fsp3) is 0.125. The Balaban J connectivity index is 1.72. The van der Waals surface area contributed by atoms with Crippen molar-refractivity contribution < 1.29 is 13.6 Å². The van der Waals surface area contributed by atoms with Crippen LogP contribution in [-0.2, 0) is 4.79 Å². The second kappa shape index (κ2) is 8.92. The summed E-state index contributed by atoms with van der Waals surface area (Å²) >= 11 is 1.09. The van der Waals surface area contributed by atoms with Crippen molar-refractivity contribution in [2.75, 3.05) is 5.32 Å². The van der Waals surface area contributed by atoms with Gasteiger partial charge in [0.15, 0.2) is 5.16 Å². The van der Waals surface area contributed by atoms with Crippen LogP contribution in [0.15, 0.2) is 76.7 Å². The van der Waals surface area contributed by atoms with Crippen LogP contribution in [0.1, 0.15) is 12.5 Å². The number of halogens is 2. The Labute approximate surface area is 187 Å². The highest BCUT2D eigenvalue weighted by molar-refractivity contribution is 8.00. The maximum atomic E-state index is 13.6. The molecule has 0 saturated heterocycles. The Morgan fingerprint density at radius 2 is 1.72 bits per heavy atom. The van der Waals surface area contributed by atoms with Gasteiger partial charge in [-0.1, -0.05) is 30.0 Å². The smallest absolute Gasteiger partial charge is 0.266 e. The van der Waals surface area contributed by atoms with Crippen molar-refractivity contribution in [2.24, 2.45) is 0 Å². The van der Waals surface area contributed by atoms with E-state index in [0.717, 1.165) is 17.3 Å². The number of carbonyl (C=O) groups is 1. The molecular formula is C24H19F2N3O2S. The summed E-state index contributed by atoms with van der Waals surface area (Å²) in [5.41, 5.74) is 1.71. The number of nitrogens with zero attached hydrogens (tertiary/aromatic N) is 2. The van der Waals surface area contributed by atoms with Crippen LogP contribution in [0.3, 0.4) is 0 Å². The van der Waals surface area contributed by atoms with Gasteiger partial charge in [-0.05, 0) is 67.9 Å². The second-order valence-electron chi connectivity index (χ2n) is 7.24. The van der Waals surface area contributed by atoms with Gasteiger partial charge < -0.3 is 5.32 Å². The number of thioether (sulfide) groups is 1. The average molecular weight is 451 g/mol. The van der Waals surface area contributed by atoms with Crippen LogP contribution in [-0.4, -0.2) is 20.7 Å². The van der Waals surface area contributed by atoms with E-state index in [-0.39, 0.29) is 11.5 Å². The highest BCUT2D eigenvalue weighted by atomic mass is 32.2. The van der Waals surface area contributed by atoms with E-state index in [1.807, 2.05) is 0 Å². The van der Waals surface area contributed by atoms with Crippen LogP contribution in [0.2, 0.25) is 0 Å². The molecule has 1 atom stereocenters. The standard InChI is InChI=1S/C24H19F2N3O2S/c1-14-7-8-17(26)13-21(14)27-22(30)15(2)32-24-28-20-6-4-3-5-19(20)23(31)29(24)18-11-9-16(25)10-12-18/h3-13,15H,1-2H3,(H,27,30). The van der Waals surface area contributed by atoms with Gasteiger partial charge in [0.2, 0.25) is 5.91 Å². The first-order valence-corrected chi connectivity index (χ1v) is 10.7. The van der Waals surface area contributed by atoms with Crippen molar-refractivity contribution in [3.63, 3.8) is 0 Å². The van der Waals surface area contributed by atoms with Crippen LogP contribution in [0, 0.1) is 18.6 Å². The molecule has 162 valence electrons. The molecular weight excluding hydrogens is 432 g/mol. The molecule has 0 spiro atoms. The van der Waals surface area contributed by atoms with Crippen molar-refractivity contribution in [2.45, 2.75) is 24.3 Å². The number of aromatic nitrogens is 2. The first kappa shape index (κ1) is 21.7. The minimum Gasteiger partial charge on any atom is -0.325 e. The normalized spacial score (nSPS) is 12.0. The molecule has 1 amide bonds. The van der Waals surface area contributed by atoms with Gasteiger partial charge in [0.05, 0.1) is 21.8 Å². The summed E-state index contributed by atoms with van der Waals surface area (Å²) in [6, 6.07) is 16.5. The van der Waals surface area contributed by atoms with E-state index >= 15 is 0 Å². The van der Waals surface area contributed by atoms with Gasteiger partial charge in [-0.3, -0.25) is 14.2 Å². The number of benzene rings is 3. The fourth-order valence-corrected chi connectivity index (χ4v) is 4.11. The van der Waals surface area contributed by atoms with E-state index in [1.54, 1.807) is 44.2 Å². The molecule has 0 radical (unpaired) electrons. The first-order valence-electron chi connectivity index (χ1n) is 9.85. The molecule has 0 saturated carbocycles. The number of aryl methyl sites for hydroxylation is 1. The van der Waals surface area contributed by atoms with Gasteiger partial charge in [0.25, 0.3) is 5.56 Å². The van der Waals surface area contributed by atoms with Crippen LogP contribution in [0.4, 0.5) is 14.5 Å². The Kier molecular flexibility index (Phi) is 6.05. The number of para-hydroxylation sites is 1. The van der Waals surface area contributed by atoms with Crippen molar-refractivity contribution >= 4 is 34.3 Å². The molecule has 3 aromatic carbocycles. The summed E-state index contributed by atoms with van der Waals surface area (Å²) in [5, 5.41) is 2.77. The molecule has 8 heteroatoms. The molecule has 0 aliphatic carbocycles. The summed E-state index contributed by atoms with van der Waals surface area (Å²) in [7, 11) is 0. The van der Waals surface area contributed by atoms with Gasteiger partial charge in [-0.15, -0.1) is 0 Å². The Hall–Kier alpha value is -3.52. The topological polar surface area (TPSA) is 64.0 Å². The highest BCUT2D eigenvalue weighted by Gasteiger charge is 2.21. The lowest BCUT2D eigenvalue weighted by atomic mass is 10.2. The second-order valence-corrected chi connectivity index (χ2v) is 8.55. The minimum absolute atomic E-state index is 0.291. The maximum Gasteiger partial charge on any atom is 0.266 e. The van der Waals surface area contributed by atoms with Gasteiger partial charge >= 0.3 is 0 Å². The van der Waals surface area contributed by atoms with E-state index in [0.29, 0.717) is 27.4 Å². The Morgan fingerprint density at radius 3 is 2.47 bits per heavy atom. The van der Waals surface area contributed by atoms with E-state index in [4.69, 9.17) is 0 Å². The number of hydrogen-bond acceptors (Lipinski definition) is 4. The van der Waals surface area contributed by atoms with Gasteiger partial charge in [-0.25, -0.2) is 13.8 Å². The summed E-state index contributed by atoms with van der Waals surface area (Å²) in [4.78, 5) is 30.6. The number of anilines is 1. The van der Waals surface area contributed by atoms with E-state index in [9.17, 15) is 18.4 Å². The number of fused-ring (bicyclic) bond motifs is 1. The largest absolute Gasteiger partial charge is 0.325 e. The van der Waals surface area contributed by atoms with Crippen LogP contribution < -0.4 is 10.9 Å². The monoisotopic (exact) mass is 451 g/mol. The van der Waals surface area contributed by atoms with Gasteiger partial charge in [0.1, 0.15) is 11.6 Å². The summed E-state index contributed by atoms with van der Waals surface area (Å²) < 4.78 is 28.4. The van der Waals surface area contributed by atoms with Crippen molar-refractivity contribution in [1.29, 1.82) is 0 Å². The number of hydrogen-bond donors (Lipinski definition) is 1. The lowest BCUT2D eigenvalue weighted by Gasteiger charge is -2.17. The summed E-state index contributed by atoms with van der Waals surface area (Å²) in [6.45, 7) is 3.44. The first-order chi connectivity index (χ1) is 15.3. The van der Waals surface area contributed by atoms with Crippen molar-refractivity contribution in [1.82, 2.24) is 9.55 Å². The number of nitrogens with one attached hydrogen (secondary N) is 1. The highest BCUT2D eigenvalue weighted by Crippen LogP contribution is 2.26. The third kappa shape index (κ3) is 4.40. The third-order valence-electron chi connectivity index (χ3n) is 4.94. The van der Waals surface area contributed by atoms with Crippen LogP contribution in [0.5, 0.6) is 0 Å². The van der Waals surface area contributed by atoms with Gasteiger partial charge in [-0.2, -0.15) is 0 Å². The summed E-state index contributed by atoms with van der Waals surface area (Å²) in [6.07, 6.45) is 0. The molecule has 0 aliphatic heterocycles. The lowest BCUT2D eigenvalue weighted by molar-refractivity contribution is -0.115. The number of carbonyl (C=O) groups excluding carboxylic acids is 1. The predicted molar refractivity (Wildman–Crippen MR) is 122 cm³/mol. The molecule has 5 nitrogen and oxygen atoms in total. The fourth-order valence-electron chi connectivity index (χ4n) is 3.18. The molecule has 0 bridgehead atoms. The molecule has 4 aromatic rings. The van der Waals surface area contributed by atoms with E-state index < -0.39 is 16.9 Å². The zero-order valence-corrected chi connectivity index (χ0v) is 18.1. The average Bonchev–Trinajstić information content (AvgIpc) is 2.77. The molecule has 0 aliphatic rings. The SMILES string of the molecule is Cc1ccc(F)cc1NC(=O)C(C)Sc1nc2ccccc2c(=O)n1-c1ccc(F)cc1. The third-order valence-corrected chi connectivity index (χ3v) is 5.99. The molecule has 0 fully saturated rings. The molecule has 1 heterocycles. The van der Waals surface area contributed by atoms with Gasteiger partial charge in [0, 0.05) is 5.69 Å². The predicted octanol–water partition coefficient (Wildman–Crippen LogP) is 5.09. The number of amides is 1. The quantitative estimate of drug-likeness (QED) is 0.339. The summed E-state index contributed by atoms with van der Waals surface area (Å²) in [5.74, 6) is -1.24. The van der Waals surface area contributed by atoms with E-state index in [2.05, 4.69) is 10.3 Å². The van der Waals surface area contributed by atoms with E-state index in [1.165, 1.54) is 41.0 Å². The lowest BCUT2D eigenvalue weighted by Crippen LogP contribution is -2.26. The zero-order valence-electron chi connectivity index (χ0n) is 17.3. The van der Waals surface area contributed by atoms with Crippen LogP contribution in [0.25, 0.3) is 16.6 Å². The Morgan fingerprint density at radius 1 is 1.03 bits per heavy atom. The zero-order chi connectivity index (χ0) is 22.8. The van der Waals surface area contributed by atoms with Crippen molar-refractivity contribution in [3.8, 4) is 5.69 Å². The molecule has 1 N–H and O–H groups in total. The molecule has 4 rings (SSSR count). The molecule has 1 unspecified atom stereocenters. The minimum atomic E-state index is -0.655. The Bertz CT molecular complexity index is 1370.